The van der Waals surface area contributed by atoms with E-state index < -0.39 is 0 Å². The van der Waals surface area contributed by atoms with E-state index in [1.54, 1.807) is 16.2 Å². The molecule has 2 aromatic rings. The van der Waals surface area contributed by atoms with Crippen molar-refractivity contribution in [1.82, 2.24) is 5.32 Å². The fourth-order valence-corrected chi connectivity index (χ4v) is 3.05. The van der Waals surface area contributed by atoms with E-state index in [0.717, 1.165) is 23.5 Å². The number of hydrogen-bond acceptors (Lipinski definition) is 3. The molecule has 2 N–H and O–H groups in total. The average molecular weight is 315 g/mol. The Kier molecular flexibility index (Phi) is 4.39. The van der Waals surface area contributed by atoms with Gasteiger partial charge in [0.05, 0.1) is 6.54 Å². The molecule has 114 valence electrons. The van der Waals surface area contributed by atoms with Gasteiger partial charge in [-0.2, -0.15) is 0 Å². The van der Waals surface area contributed by atoms with Crippen molar-refractivity contribution in [3.8, 4) is 0 Å². The first kappa shape index (κ1) is 14.6. The SMILES string of the molecule is O=C(NCc1cccs1)Nc1ccc(N2CCCC2=O)cc1. The smallest absolute Gasteiger partial charge is 0.319 e. The number of nitrogens with one attached hydrogen (secondary N) is 2. The summed E-state index contributed by atoms with van der Waals surface area (Å²) in [6.07, 6.45) is 1.52. The van der Waals surface area contributed by atoms with Gasteiger partial charge in [-0.15, -0.1) is 11.3 Å². The summed E-state index contributed by atoms with van der Waals surface area (Å²) >= 11 is 1.61. The maximum Gasteiger partial charge on any atom is 0.319 e. The molecular formula is C16H17N3O2S. The Morgan fingerprint density at radius 2 is 2.05 bits per heavy atom. The number of rotatable bonds is 4. The number of benzene rings is 1. The first-order valence-electron chi connectivity index (χ1n) is 7.20. The summed E-state index contributed by atoms with van der Waals surface area (Å²) < 4.78 is 0. The lowest BCUT2D eigenvalue weighted by Crippen LogP contribution is -2.28. The second kappa shape index (κ2) is 6.62. The van der Waals surface area contributed by atoms with Gasteiger partial charge in [-0.05, 0) is 42.1 Å². The zero-order valence-corrected chi connectivity index (χ0v) is 12.9. The van der Waals surface area contributed by atoms with Gasteiger partial charge in [-0.3, -0.25) is 4.79 Å². The normalized spacial score (nSPS) is 14.2. The number of carbonyl (C=O) groups excluding carboxylic acids is 2. The Morgan fingerprint density at radius 1 is 1.23 bits per heavy atom. The lowest BCUT2D eigenvalue weighted by atomic mass is 10.2. The third-order valence-corrected chi connectivity index (χ3v) is 4.39. The van der Waals surface area contributed by atoms with Gasteiger partial charge in [-0.25, -0.2) is 4.79 Å². The van der Waals surface area contributed by atoms with E-state index in [1.807, 2.05) is 41.8 Å². The number of thiophene rings is 1. The van der Waals surface area contributed by atoms with Gasteiger partial charge in [0.15, 0.2) is 0 Å². The highest BCUT2D eigenvalue weighted by atomic mass is 32.1. The topological polar surface area (TPSA) is 61.4 Å². The molecule has 6 heteroatoms. The molecule has 0 bridgehead atoms. The number of amides is 3. The van der Waals surface area contributed by atoms with Crippen LogP contribution in [0.2, 0.25) is 0 Å². The molecule has 0 spiro atoms. The van der Waals surface area contributed by atoms with Crippen LogP contribution >= 0.6 is 11.3 Å². The third kappa shape index (κ3) is 3.46. The Labute approximate surface area is 132 Å². The molecule has 1 saturated heterocycles. The standard InChI is InChI=1S/C16H17N3O2S/c20-15-4-1-9-19(15)13-7-5-12(6-8-13)18-16(21)17-11-14-3-2-10-22-14/h2-3,5-8,10H,1,4,9,11H2,(H2,17,18,21). The molecule has 1 aromatic carbocycles. The van der Waals surface area contributed by atoms with Crippen LogP contribution in [0.25, 0.3) is 0 Å². The van der Waals surface area contributed by atoms with Gasteiger partial charge in [-0.1, -0.05) is 6.07 Å². The van der Waals surface area contributed by atoms with E-state index in [2.05, 4.69) is 10.6 Å². The number of urea groups is 1. The maximum absolute atomic E-state index is 11.8. The van der Waals surface area contributed by atoms with Crippen molar-refractivity contribution in [3.63, 3.8) is 0 Å². The largest absolute Gasteiger partial charge is 0.333 e. The molecule has 0 radical (unpaired) electrons. The Hall–Kier alpha value is -2.34. The van der Waals surface area contributed by atoms with Crippen LogP contribution in [-0.4, -0.2) is 18.5 Å². The van der Waals surface area contributed by atoms with Crippen LogP contribution in [0.5, 0.6) is 0 Å². The summed E-state index contributed by atoms with van der Waals surface area (Å²) in [7, 11) is 0. The van der Waals surface area contributed by atoms with Crippen LogP contribution in [0.1, 0.15) is 17.7 Å². The first-order chi connectivity index (χ1) is 10.7. The van der Waals surface area contributed by atoms with Crippen molar-refractivity contribution >= 4 is 34.6 Å². The van der Waals surface area contributed by atoms with Crippen LogP contribution in [0.3, 0.4) is 0 Å². The number of hydrogen-bond donors (Lipinski definition) is 2. The zero-order chi connectivity index (χ0) is 15.4. The highest BCUT2D eigenvalue weighted by Gasteiger charge is 2.21. The van der Waals surface area contributed by atoms with Crippen LogP contribution in [0.15, 0.2) is 41.8 Å². The monoisotopic (exact) mass is 315 g/mol. The second-order valence-electron chi connectivity index (χ2n) is 5.08. The van der Waals surface area contributed by atoms with Gasteiger partial charge in [0, 0.05) is 29.2 Å². The van der Waals surface area contributed by atoms with E-state index in [4.69, 9.17) is 0 Å². The molecule has 1 aliphatic rings. The Morgan fingerprint density at radius 3 is 2.68 bits per heavy atom. The van der Waals surface area contributed by atoms with Crippen molar-refractivity contribution in [2.24, 2.45) is 0 Å². The minimum atomic E-state index is -0.238. The lowest BCUT2D eigenvalue weighted by Gasteiger charge is -2.16. The summed E-state index contributed by atoms with van der Waals surface area (Å²) in [5, 5.41) is 7.57. The summed E-state index contributed by atoms with van der Waals surface area (Å²) in [6.45, 7) is 1.29. The van der Waals surface area contributed by atoms with Gasteiger partial charge >= 0.3 is 6.03 Å². The summed E-state index contributed by atoms with van der Waals surface area (Å²) in [4.78, 5) is 26.4. The molecular weight excluding hydrogens is 298 g/mol. The molecule has 0 aliphatic carbocycles. The molecule has 0 atom stereocenters. The summed E-state index contributed by atoms with van der Waals surface area (Å²) in [5.41, 5.74) is 1.59. The van der Waals surface area contributed by atoms with Crippen molar-refractivity contribution in [2.75, 3.05) is 16.8 Å². The van der Waals surface area contributed by atoms with Crippen LogP contribution in [-0.2, 0) is 11.3 Å². The molecule has 1 aliphatic heterocycles. The molecule has 22 heavy (non-hydrogen) atoms. The van der Waals surface area contributed by atoms with Crippen molar-refractivity contribution in [1.29, 1.82) is 0 Å². The van der Waals surface area contributed by atoms with E-state index in [-0.39, 0.29) is 11.9 Å². The highest BCUT2D eigenvalue weighted by Crippen LogP contribution is 2.22. The number of nitrogens with zero attached hydrogens (tertiary/aromatic N) is 1. The molecule has 2 heterocycles. The fraction of sp³-hybridized carbons (Fsp3) is 0.250. The minimum Gasteiger partial charge on any atom is -0.333 e. The Bertz CT molecular complexity index is 653. The Balaban J connectivity index is 1.54. The minimum absolute atomic E-state index is 0.161. The maximum atomic E-state index is 11.8. The molecule has 0 saturated carbocycles. The molecule has 3 amide bonds. The first-order valence-corrected chi connectivity index (χ1v) is 8.08. The number of anilines is 2. The van der Waals surface area contributed by atoms with Crippen molar-refractivity contribution < 1.29 is 9.59 Å². The number of carbonyl (C=O) groups is 2. The summed E-state index contributed by atoms with van der Waals surface area (Å²) in [6, 6.07) is 11.0. The third-order valence-electron chi connectivity index (χ3n) is 3.51. The van der Waals surface area contributed by atoms with Crippen LogP contribution < -0.4 is 15.5 Å². The van der Waals surface area contributed by atoms with Crippen LogP contribution in [0.4, 0.5) is 16.2 Å². The molecule has 1 aromatic heterocycles. The van der Waals surface area contributed by atoms with Crippen molar-refractivity contribution in [2.45, 2.75) is 19.4 Å². The fourth-order valence-electron chi connectivity index (χ4n) is 2.40. The van der Waals surface area contributed by atoms with Crippen LogP contribution in [0, 0.1) is 0 Å². The van der Waals surface area contributed by atoms with E-state index in [0.29, 0.717) is 18.7 Å². The van der Waals surface area contributed by atoms with E-state index >= 15 is 0 Å². The predicted octanol–water partition coefficient (Wildman–Crippen LogP) is 3.20. The molecule has 3 rings (SSSR count). The molecule has 5 nitrogen and oxygen atoms in total. The van der Waals surface area contributed by atoms with Gasteiger partial charge in [0.1, 0.15) is 0 Å². The lowest BCUT2D eigenvalue weighted by molar-refractivity contribution is -0.117. The van der Waals surface area contributed by atoms with E-state index in [9.17, 15) is 9.59 Å². The van der Waals surface area contributed by atoms with Gasteiger partial charge in [0.25, 0.3) is 0 Å². The van der Waals surface area contributed by atoms with Crippen molar-refractivity contribution in [3.05, 3.63) is 46.7 Å². The van der Waals surface area contributed by atoms with E-state index in [1.165, 1.54) is 0 Å². The highest BCUT2D eigenvalue weighted by molar-refractivity contribution is 7.09. The molecule has 0 unspecified atom stereocenters. The zero-order valence-electron chi connectivity index (χ0n) is 12.0. The summed E-state index contributed by atoms with van der Waals surface area (Å²) in [5.74, 6) is 0.161. The predicted molar refractivity (Wildman–Crippen MR) is 88.2 cm³/mol. The van der Waals surface area contributed by atoms with Gasteiger partial charge in [0.2, 0.25) is 5.91 Å². The average Bonchev–Trinajstić information content (AvgIpc) is 3.17. The molecule has 1 fully saturated rings. The van der Waals surface area contributed by atoms with Gasteiger partial charge < -0.3 is 15.5 Å². The second-order valence-corrected chi connectivity index (χ2v) is 6.12. The quantitative estimate of drug-likeness (QED) is 0.910.